The van der Waals surface area contributed by atoms with Crippen molar-refractivity contribution in [3.8, 4) is 0 Å². The molecule has 2 aromatic rings. The van der Waals surface area contributed by atoms with Crippen molar-refractivity contribution >= 4 is 11.9 Å². The summed E-state index contributed by atoms with van der Waals surface area (Å²) in [4.78, 5) is 22.4. The highest BCUT2D eigenvalue weighted by atomic mass is 16.4. The van der Waals surface area contributed by atoms with Gasteiger partial charge in [-0.2, -0.15) is 0 Å². The topological polar surface area (TPSA) is 106 Å². The van der Waals surface area contributed by atoms with Gasteiger partial charge in [0.25, 0.3) is 0 Å². The Hall–Kier alpha value is -2.60. The largest absolute Gasteiger partial charge is 0.475 e. The molecular weight excluding hydrogens is 272 g/mol. The average Bonchev–Trinajstić information content (AvgIpc) is 2.95. The zero-order valence-corrected chi connectivity index (χ0v) is 11.3. The summed E-state index contributed by atoms with van der Waals surface area (Å²) in [5.41, 5.74) is 6.83. The number of amides is 1. The summed E-state index contributed by atoms with van der Waals surface area (Å²) in [6.07, 6.45) is 0.149. The van der Waals surface area contributed by atoms with E-state index in [4.69, 9.17) is 15.3 Å². The lowest BCUT2D eigenvalue weighted by Crippen LogP contribution is -2.27. The molecule has 6 heteroatoms. The van der Waals surface area contributed by atoms with E-state index < -0.39 is 5.97 Å². The molecule has 1 atom stereocenters. The molecule has 1 aromatic carbocycles. The summed E-state index contributed by atoms with van der Waals surface area (Å²) >= 11 is 0. The Bertz CT molecular complexity index is 622. The molecular formula is C15H16N2O4. The van der Waals surface area contributed by atoms with Gasteiger partial charge >= 0.3 is 5.97 Å². The van der Waals surface area contributed by atoms with Crippen LogP contribution in [0.4, 0.5) is 0 Å². The first-order valence-electron chi connectivity index (χ1n) is 6.45. The number of carboxylic acid groups (broad SMARTS) is 1. The van der Waals surface area contributed by atoms with Crippen molar-refractivity contribution in [3.63, 3.8) is 0 Å². The summed E-state index contributed by atoms with van der Waals surface area (Å²) < 4.78 is 5.04. The maximum atomic E-state index is 11.8. The predicted molar refractivity (Wildman–Crippen MR) is 75.5 cm³/mol. The van der Waals surface area contributed by atoms with Crippen molar-refractivity contribution in [2.45, 2.75) is 19.0 Å². The van der Waals surface area contributed by atoms with E-state index in [1.54, 1.807) is 0 Å². The summed E-state index contributed by atoms with van der Waals surface area (Å²) in [7, 11) is 0. The molecule has 1 heterocycles. The number of hydrogen-bond acceptors (Lipinski definition) is 4. The molecule has 0 saturated heterocycles. The maximum absolute atomic E-state index is 11.8. The monoisotopic (exact) mass is 288 g/mol. The molecule has 6 nitrogen and oxygen atoms in total. The fraction of sp³-hybridized carbons (Fsp3) is 0.200. The van der Waals surface area contributed by atoms with Gasteiger partial charge in [0, 0.05) is 12.5 Å². The van der Waals surface area contributed by atoms with Gasteiger partial charge in [-0.3, -0.25) is 4.79 Å². The van der Waals surface area contributed by atoms with Crippen LogP contribution in [0, 0.1) is 0 Å². The summed E-state index contributed by atoms with van der Waals surface area (Å²) in [6, 6.07) is 11.8. The third-order valence-electron chi connectivity index (χ3n) is 2.97. The van der Waals surface area contributed by atoms with E-state index in [1.807, 2.05) is 30.3 Å². The van der Waals surface area contributed by atoms with E-state index in [0.717, 1.165) is 5.56 Å². The number of hydrogen-bond donors (Lipinski definition) is 3. The Kier molecular flexibility index (Phi) is 4.73. The standard InChI is InChI=1S/C15H16N2O4/c16-12(10-4-2-1-3-5-10)8-14(18)17-9-11-6-7-13(21-11)15(19)20/h1-7,12H,8-9,16H2,(H,17,18)(H,19,20). The van der Waals surface area contributed by atoms with Crippen LogP contribution in [0.2, 0.25) is 0 Å². The minimum absolute atomic E-state index is 0.133. The second-order valence-corrected chi connectivity index (χ2v) is 4.57. The second-order valence-electron chi connectivity index (χ2n) is 4.57. The molecule has 1 aromatic heterocycles. The smallest absolute Gasteiger partial charge is 0.371 e. The van der Waals surface area contributed by atoms with Crippen LogP contribution in [0.1, 0.15) is 34.3 Å². The first-order valence-corrected chi connectivity index (χ1v) is 6.45. The number of nitrogens with two attached hydrogens (primary N) is 1. The summed E-state index contributed by atoms with van der Waals surface area (Å²) in [6.45, 7) is 0.133. The highest BCUT2D eigenvalue weighted by Gasteiger charge is 2.13. The minimum atomic E-state index is -1.14. The van der Waals surface area contributed by atoms with Gasteiger partial charge in [0.15, 0.2) is 0 Å². The number of carbonyl (C=O) groups excluding carboxylic acids is 1. The van der Waals surface area contributed by atoms with E-state index >= 15 is 0 Å². The zero-order valence-electron chi connectivity index (χ0n) is 11.3. The van der Waals surface area contributed by atoms with Crippen LogP contribution in [-0.4, -0.2) is 17.0 Å². The molecule has 0 aliphatic carbocycles. The zero-order chi connectivity index (χ0) is 15.2. The third kappa shape index (κ3) is 4.19. The summed E-state index contributed by atoms with van der Waals surface area (Å²) in [5, 5.41) is 11.4. The van der Waals surface area contributed by atoms with Crippen LogP contribution < -0.4 is 11.1 Å². The molecule has 110 valence electrons. The highest BCUT2D eigenvalue weighted by molar-refractivity contribution is 5.84. The van der Waals surface area contributed by atoms with Crippen molar-refractivity contribution in [2.24, 2.45) is 5.73 Å². The predicted octanol–water partition coefficient (Wildman–Crippen LogP) is 1.68. The Morgan fingerprint density at radius 1 is 1.19 bits per heavy atom. The van der Waals surface area contributed by atoms with Gasteiger partial charge in [-0.15, -0.1) is 0 Å². The molecule has 0 aliphatic rings. The molecule has 0 saturated carbocycles. The van der Waals surface area contributed by atoms with E-state index in [1.165, 1.54) is 12.1 Å². The number of benzene rings is 1. The van der Waals surface area contributed by atoms with Crippen molar-refractivity contribution in [1.82, 2.24) is 5.32 Å². The molecule has 2 rings (SSSR count). The second kappa shape index (κ2) is 6.71. The van der Waals surface area contributed by atoms with Crippen molar-refractivity contribution in [1.29, 1.82) is 0 Å². The Morgan fingerprint density at radius 3 is 2.52 bits per heavy atom. The van der Waals surface area contributed by atoms with Crippen LogP contribution in [0.25, 0.3) is 0 Å². The Labute approximate surface area is 121 Å². The third-order valence-corrected chi connectivity index (χ3v) is 2.97. The Morgan fingerprint density at radius 2 is 1.90 bits per heavy atom. The fourth-order valence-corrected chi connectivity index (χ4v) is 1.86. The number of carbonyl (C=O) groups is 2. The Balaban J connectivity index is 1.83. The molecule has 4 N–H and O–H groups in total. The van der Waals surface area contributed by atoms with E-state index in [2.05, 4.69) is 5.32 Å². The van der Waals surface area contributed by atoms with Gasteiger partial charge in [-0.1, -0.05) is 30.3 Å². The van der Waals surface area contributed by atoms with Gasteiger partial charge < -0.3 is 20.6 Å². The van der Waals surface area contributed by atoms with E-state index in [0.29, 0.717) is 5.76 Å². The number of carboxylic acids is 1. The van der Waals surface area contributed by atoms with Gasteiger partial charge in [0.2, 0.25) is 11.7 Å². The SMILES string of the molecule is NC(CC(=O)NCc1ccc(C(=O)O)o1)c1ccccc1. The molecule has 0 fully saturated rings. The fourth-order valence-electron chi connectivity index (χ4n) is 1.86. The van der Waals surface area contributed by atoms with Crippen LogP contribution in [0.5, 0.6) is 0 Å². The number of aromatic carboxylic acids is 1. The number of rotatable bonds is 6. The van der Waals surface area contributed by atoms with Gasteiger partial charge in [0.1, 0.15) is 5.76 Å². The average molecular weight is 288 g/mol. The molecule has 0 radical (unpaired) electrons. The lowest BCUT2D eigenvalue weighted by molar-refractivity contribution is -0.121. The molecule has 0 spiro atoms. The number of nitrogens with one attached hydrogen (secondary N) is 1. The van der Waals surface area contributed by atoms with E-state index in [-0.39, 0.29) is 30.7 Å². The molecule has 0 aliphatic heterocycles. The molecule has 0 bridgehead atoms. The normalized spacial score (nSPS) is 11.9. The quantitative estimate of drug-likeness (QED) is 0.750. The van der Waals surface area contributed by atoms with E-state index in [9.17, 15) is 9.59 Å². The first kappa shape index (κ1) is 14.8. The first-order chi connectivity index (χ1) is 10.1. The van der Waals surface area contributed by atoms with Crippen LogP contribution >= 0.6 is 0 Å². The highest BCUT2D eigenvalue weighted by Crippen LogP contribution is 2.13. The minimum Gasteiger partial charge on any atom is -0.475 e. The van der Waals surface area contributed by atoms with Gasteiger partial charge in [-0.05, 0) is 17.7 Å². The molecule has 1 unspecified atom stereocenters. The summed E-state index contributed by atoms with van der Waals surface area (Å²) in [5.74, 6) is -1.13. The van der Waals surface area contributed by atoms with Gasteiger partial charge in [-0.25, -0.2) is 4.79 Å². The van der Waals surface area contributed by atoms with Crippen molar-refractivity contribution < 1.29 is 19.1 Å². The number of furan rings is 1. The maximum Gasteiger partial charge on any atom is 0.371 e. The van der Waals surface area contributed by atoms with Crippen molar-refractivity contribution in [3.05, 3.63) is 59.5 Å². The van der Waals surface area contributed by atoms with Crippen LogP contribution in [-0.2, 0) is 11.3 Å². The lowest BCUT2D eigenvalue weighted by Gasteiger charge is -2.11. The molecule has 21 heavy (non-hydrogen) atoms. The molecule has 1 amide bonds. The lowest BCUT2D eigenvalue weighted by atomic mass is 10.0. The van der Waals surface area contributed by atoms with Crippen LogP contribution in [0.3, 0.4) is 0 Å². The van der Waals surface area contributed by atoms with Crippen LogP contribution in [0.15, 0.2) is 46.9 Å². The van der Waals surface area contributed by atoms with Crippen molar-refractivity contribution in [2.75, 3.05) is 0 Å². The van der Waals surface area contributed by atoms with Gasteiger partial charge in [0.05, 0.1) is 6.54 Å².